The van der Waals surface area contributed by atoms with Gasteiger partial charge in [-0.1, -0.05) is 23.8 Å². The van der Waals surface area contributed by atoms with Crippen LogP contribution in [0.5, 0.6) is 0 Å². The Bertz CT molecular complexity index is 284. The molecule has 14 heavy (non-hydrogen) atoms. The summed E-state index contributed by atoms with van der Waals surface area (Å²) in [4.78, 5) is 0. The van der Waals surface area contributed by atoms with Crippen LogP contribution in [0.3, 0.4) is 0 Å². The minimum Gasteiger partial charge on any atom is -0.488 e. The summed E-state index contributed by atoms with van der Waals surface area (Å²) in [6.45, 7) is 0.652. The Hall–Kier alpha value is -1.19. The Morgan fingerprint density at radius 2 is 2.07 bits per heavy atom. The fourth-order valence-electron chi connectivity index (χ4n) is 0.991. The van der Waals surface area contributed by atoms with Gasteiger partial charge in [0.25, 0.3) is 0 Å². The van der Waals surface area contributed by atoms with Gasteiger partial charge < -0.3 is 4.74 Å². The average Bonchev–Trinajstić information content (AvgIpc) is 2.25. The van der Waals surface area contributed by atoms with E-state index in [1.165, 1.54) is 0 Å². The van der Waals surface area contributed by atoms with Gasteiger partial charge >= 0.3 is 6.18 Å². The molecule has 1 rings (SSSR count). The summed E-state index contributed by atoms with van der Waals surface area (Å²) in [6, 6.07) is 0. The van der Waals surface area contributed by atoms with Crippen molar-refractivity contribution in [3.63, 3.8) is 0 Å². The van der Waals surface area contributed by atoms with E-state index in [9.17, 15) is 13.2 Å². The third kappa shape index (κ3) is 4.16. The molecule has 0 aromatic rings. The standard InChI is InChI=1S/C10H11F3O/c1-8-3-2-4-9(6-5-8)14-7-10(11,12)13/h2-3,5-6H,4,7H2,1H3. The fraction of sp³-hybridized carbons (Fsp3) is 0.400. The topological polar surface area (TPSA) is 9.23 Å². The Morgan fingerprint density at radius 3 is 2.71 bits per heavy atom. The van der Waals surface area contributed by atoms with Gasteiger partial charge in [-0.25, -0.2) is 0 Å². The number of ether oxygens (including phenoxy) is 1. The monoisotopic (exact) mass is 204 g/mol. The Balaban J connectivity index is 2.50. The number of hydrogen-bond acceptors (Lipinski definition) is 1. The summed E-state index contributed by atoms with van der Waals surface area (Å²) in [7, 11) is 0. The average molecular weight is 204 g/mol. The van der Waals surface area contributed by atoms with Gasteiger partial charge in [0, 0.05) is 6.42 Å². The maximum absolute atomic E-state index is 11.8. The zero-order valence-electron chi connectivity index (χ0n) is 7.77. The van der Waals surface area contributed by atoms with Gasteiger partial charge in [0.15, 0.2) is 6.61 Å². The molecule has 0 aromatic heterocycles. The van der Waals surface area contributed by atoms with E-state index in [2.05, 4.69) is 4.74 Å². The third-order valence-corrected chi connectivity index (χ3v) is 1.65. The van der Waals surface area contributed by atoms with Gasteiger partial charge in [0.2, 0.25) is 0 Å². The van der Waals surface area contributed by atoms with Crippen LogP contribution in [0.4, 0.5) is 13.2 Å². The molecule has 0 unspecified atom stereocenters. The predicted octanol–water partition coefficient (Wildman–Crippen LogP) is 3.36. The van der Waals surface area contributed by atoms with E-state index in [-0.39, 0.29) is 0 Å². The second-order valence-corrected chi connectivity index (χ2v) is 3.05. The molecule has 0 saturated carbocycles. The van der Waals surface area contributed by atoms with Crippen LogP contribution >= 0.6 is 0 Å². The molecule has 1 aliphatic rings. The normalized spacial score (nSPS) is 17.1. The van der Waals surface area contributed by atoms with Crippen molar-refractivity contribution in [1.82, 2.24) is 0 Å². The zero-order valence-corrected chi connectivity index (χ0v) is 7.77. The van der Waals surface area contributed by atoms with Gasteiger partial charge in [-0.15, -0.1) is 0 Å². The summed E-state index contributed by atoms with van der Waals surface area (Å²) in [6.07, 6.45) is 3.07. The lowest BCUT2D eigenvalue weighted by molar-refractivity contribution is -0.165. The maximum Gasteiger partial charge on any atom is 0.422 e. The van der Waals surface area contributed by atoms with E-state index in [1.807, 2.05) is 13.0 Å². The molecule has 0 atom stereocenters. The number of halogens is 3. The van der Waals surface area contributed by atoms with Crippen molar-refractivity contribution in [2.45, 2.75) is 19.5 Å². The fourth-order valence-corrected chi connectivity index (χ4v) is 0.991. The molecule has 0 amide bonds. The lowest BCUT2D eigenvalue weighted by atomic mass is 10.3. The molecule has 0 N–H and O–H groups in total. The van der Waals surface area contributed by atoms with E-state index in [4.69, 9.17) is 0 Å². The summed E-state index contributed by atoms with van der Waals surface area (Å²) in [5, 5.41) is 0. The van der Waals surface area contributed by atoms with Crippen molar-refractivity contribution < 1.29 is 17.9 Å². The first kappa shape index (κ1) is 10.9. The highest BCUT2D eigenvalue weighted by Gasteiger charge is 2.28. The SMILES string of the molecule is CC1=CC=C(OCC(F)(F)F)CC=C1. The number of rotatable bonds is 2. The highest BCUT2D eigenvalue weighted by molar-refractivity contribution is 5.27. The second kappa shape index (κ2) is 4.35. The highest BCUT2D eigenvalue weighted by atomic mass is 19.4. The lowest BCUT2D eigenvalue weighted by Gasteiger charge is -2.10. The Morgan fingerprint density at radius 1 is 1.36 bits per heavy atom. The molecule has 0 aliphatic heterocycles. The molecule has 0 saturated heterocycles. The molecule has 4 heteroatoms. The van der Waals surface area contributed by atoms with Crippen LogP contribution in [0, 0.1) is 0 Å². The smallest absolute Gasteiger partial charge is 0.422 e. The molecule has 78 valence electrons. The van der Waals surface area contributed by atoms with Crippen LogP contribution in [0.1, 0.15) is 13.3 Å². The van der Waals surface area contributed by atoms with Gasteiger partial charge in [-0.2, -0.15) is 13.2 Å². The molecule has 1 nitrogen and oxygen atoms in total. The molecule has 0 heterocycles. The van der Waals surface area contributed by atoms with E-state index >= 15 is 0 Å². The summed E-state index contributed by atoms with van der Waals surface area (Å²) >= 11 is 0. The molecule has 0 aromatic carbocycles. The van der Waals surface area contributed by atoms with Gasteiger partial charge in [0.1, 0.15) is 5.76 Å². The van der Waals surface area contributed by atoms with E-state index in [0.29, 0.717) is 12.2 Å². The van der Waals surface area contributed by atoms with E-state index in [0.717, 1.165) is 5.57 Å². The van der Waals surface area contributed by atoms with Crippen molar-refractivity contribution in [3.05, 3.63) is 35.6 Å². The lowest BCUT2D eigenvalue weighted by Crippen LogP contribution is -2.16. The summed E-state index contributed by atoms with van der Waals surface area (Å²) in [5.41, 5.74) is 0.996. The van der Waals surface area contributed by atoms with E-state index < -0.39 is 12.8 Å². The van der Waals surface area contributed by atoms with Gasteiger partial charge in [0.05, 0.1) is 0 Å². The molecule has 0 bridgehead atoms. The molecular weight excluding hydrogens is 193 g/mol. The van der Waals surface area contributed by atoms with Crippen LogP contribution in [0.25, 0.3) is 0 Å². The molecule has 0 spiro atoms. The first-order valence-electron chi connectivity index (χ1n) is 4.21. The molecule has 1 aliphatic carbocycles. The van der Waals surface area contributed by atoms with Crippen molar-refractivity contribution in [2.24, 2.45) is 0 Å². The third-order valence-electron chi connectivity index (χ3n) is 1.65. The molecule has 0 radical (unpaired) electrons. The van der Waals surface area contributed by atoms with Crippen LogP contribution in [-0.4, -0.2) is 12.8 Å². The largest absolute Gasteiger partial charge is 0.488 e. The summed E-state index contributed by atoms with van der Waals surface area (Å²) in [5.74, 6) is 0.343. The van der Waals surface area contributed by atoms with Crippen LogP contribution < -0.4 is 0 Å². The quantitative estimate of drug-likeness (QED) is 0.670. The predicted molar refractivity (Wildman–Crippen MR) is 47.6 cm³/mol. The number of hydrogen-bond donors (Lipinski definition) is 0. The van der Waals surface area contributed by atoms with Gasteiger partial charge in [-0.05, 0) is 13.0 Å². The number of allylic oxidation sites excluding steroid dienone is 5. The number of alkyl halides is 3. The Kier molecular flexibility index (Phi) is 3.38. The minimum atomic E-state index is -4.27. The van der Waals surface area contributed by atoms with Crippen molar-refractivity contribution in [3.8, 4) is 0 Å². The first-order chi connectivity index (χ1) is 6.47. The van der Waals surface area contributed by atoms with Crippen molar-refractivity contribution in [2.75, 3.05) is 6.61 Å². The Labute approximate surface area is 80.6 Å². The molecule has 0 fully saturated rings. The maximum atomic E-state index is 11.8. The van der Waals surface area contributed by atoms with Crippen LogP contribution in [0.2, 0.25) is 0 Å². The first-order valence-corrected chi connectivity index (χ1v) is 4.21. The molecular formula is C10H11F3O. The summed E-state index contributed by atoms with van der Waals surface area (Å²) < 4.78 is 40.0. The van der Waals surface area contributed by atoms with Crippen LogP contribution in [0.15, 0.2) is 35.6 Å². The van der Waals surface area contributed by atoms with E-state index in [1.54, 1.807) is 18.2 Å². The second-order valence-electron chi connectivity index (χ2n) is 3.05. The highest BCUT2D eigenvalue weighted by Crippen LogP contribution is 2.19. The van der Waals surface area contributed by atoms with Gasteiger partial charge in [-0.3, -0.25) is 0 Å². The minimum absolute atomic E-state index is 0.343. The van der Waals surface area contributed by atoms with Crippen molar-refractivity contribution in [1.29, 1.82) is 0 Å². The van der Waals surface area contributed by atoms with Crippen LogP contribution in [-0.2, 0) is 4.74 Å². The van der Waals surface area contributed by atoms with Crippen molar-refractivity contribution >= 4 is 0 Å². The zero-order chi connectivity index (χ0) is 10.6.